The largest absolute Gasteiger partial charge is 0.466 e. The van der Waals surface area contributed by atoms with Gasteiger partial charge in [0.05, 0.1) is 6.61 Å². The molecule has 0 radical (unpaired) electrons. The molecule has 0 rings (SSSR count). The summed E-state index contributed by atoms with van der Waals surface area (Å²) in [5, 5.41) is 14.6. The molecular weight excluding hydrogens is 200 g/mol. The van der Waals surface area contributed by atoms with Gasteiger partial charge in [0.15, 0.2) is 0 Å². The number of carbonyl (C=O) groups excluding carboxylic acids is 2. The Hall–Kier alpha value is -0.940. The monoisotopic (exact) mass is 224 g/mol. The highest BCUT2D eigenvalue weighted by molar-refractivity contribution is 5.72. The molecule has 5 nitrogen and oxygen atoms in total. The first kappa shape index (κ1) is 23.7. The third kappa shape index (κ3) is 376. The van der Waals surface area contributed by atoms with Crippen LogP contribution in [0.5, 0.6) is 0 Å². The normalized spacial score (nSPS) is 6.40. The number of ether oxygens (including phenoxy) is 1. The Morgan fingerprint density at radius 2 is 1.27 bits per heavy atom. The minimum absolute atomic E-state index is 0.167. The lowest BCUT2D eigenvalue weighted by Gasteiger charge is -1.89. The lowest BCUT2D eigenvalue weighted by atomic mass is 10.6. The molecule has 0 aliphatic carbocycles. The quantitative estimate of drug-likeness (QED) is 0.643. The van der Waals surface area contributed by atoms with E-state index in [1.54, 1.807) is 13.8 Å². The van der Waals surface area contributed by atoms with Crippen molar-refractivity contribution in [1.82, 2.24) is 0 Å². The van der Waals surface area contributed by atoms with Gasteiger partial charge in [-0.05, 0) is 27.7 Å². The molecular formula is C10H24O5. The Bertz CT molecular complexity index is 119. The number of aliphatic hydroxyl groups is 2. The molecule has 0 atom stereocenters. The Morgan fingerprint density at radius 1 is 1.07 bits per heavy atom. The number of ketones is 1. The van der Waals surface area contributed by atoms with Crippen LogP contribution in [0.25, 0.3) is 0 Å². The van der Waals surface area contributed by atoms with Crippen LogP contribution in [-0.4, -0.2) is 42.3 Å². The summed E-state index contributed by atoms with van der Waals surface area (Å²) in [6.45, 7) is 8.64. The molecule has 0 saturated heterocycles. The standard InChI is InChI=1S/C4H8O2.C3H6O.C2H6O.CH4O/c1-3-6-4(2)5;1-3(2)4;1-2-3;1-2/h3H2,1-2H3;1-2H3;3H,2H2,1H3;2H,1H3. The van der Waals surface area contributed by atoms with E-state index in [0.29, 0.717) is 6.61 Å². The van der Waals surface area contributed by atoms with E-state index in [2.05, 4.69) is 4.74 Å². The molecule has 0 unspecified atom stereocenters. The fraction of sp³-hybridized carbons (Fsp3) is 0.800. The summed E-state index contributed by atoms with van der Waals surface area (Å²) in [4.78, 5) is 19.3. The van der Waals surface area contributed by atoms with Crippen molar-refractivity contribution in [3.63, 3.8) is 0 Å². The average molecular weight is 224 g/mol. The maximum Gasteiger partial charge on any atom is 0.302 e. The Morgan fingerprint density at radius 3 is 1.27 bits per heavy atom. The molecule has 0 aliphatic heterocycles. The Balaban J connectivity index is -0.0000000590. The van der Waals surface area contributed by atoms with Crippen molar-refractivity contribution in [2.45, 2.75) is 34.6 Å². The lowest BCUT2D eigenvalue weighted by Crippen LogP contribution is -1.95. The van der Waals surface area contributed by atoms with E-state index in [1.807, 2.05) is 0 Å². The van der Waals surface area contributed by atoms with E-state index < -0.39 is 0 Å². The van der Waals surface area contributed by atoms with Crippen LogP contribution in [-0.2, 0) is 14.3 Å². The average Bonchev–Trinajstić information content (AvgIpc) is 2.07. The highest BCUT2D eigenvalue weighted by Gasteiger charge is 1.81. The summed E-state index contributed by atoms with van der Waals surface area (Å²) < 4.78 is 4.40. The molecule has 2 N–H and O–H groups in total. The lowest BCUT2D eigenvalue weighted by molar-refractivity contribution is -0.140. The van der Waals surface area contributed by atoms with Crippen LogP contribution in [0, 0.1) is 0 Å². The molecule has 0 aromatic carbocycles. The van der Waals surface area contributed by atoms with Gasteiger partial charge < -0.3 is 19.7 Å². The minimum Gasteiger partial charge on any atom is -0.466 e. The number of hydrogen-bond donors (Lipinski definition) is 2. The van der Waals surface area contributed by atoms with Gasteiger partial charge in [-0.15, -0.1) is 0 Å². The van der Waals surface area contributed by atoms with Gasteiger partial charge in [0.25, 0.3) is 0 Å². The summed E-state index contributed by atoms with van der Waals surface area (Å²) in [7, 11) is 1.00. The van der Waals surface area contributed by atoms with Gasteiger partial charge in [-0.2, -0.15) is 0 Å². The molecule has 0 heterocycles. The highest BCUT2D eigenvalue weighted by atomic mass is 16.5. The summed E-state index contributed by atoms with van der Waals surface area (Å²) >= 11 is 0. The topological polar surface area (TPSA) is 83.8 Å². The predicted octanol–water partition coefficient (Wildman–Crippen LogP) is 0.772. The summed E-state index contributed by atoms with van der Waals surface area (Å²) in [5.41, 5.74) is 0. The maximum atomic E-state index is 9.82. The van der Waals surface area contributed by atoms with Gasteiger partial charge in [-0.25, -0.2) is 0 Å². The smallest absolute Gasteiger partial charge is 0.302 e. The van der Waals surface area contributed by atoms with Crippen LogP contribution >= 0.6 is 0 Å². The van der Waals surface area contributed by atoms with E-state index >= 15 is 0 Å². The second kappa shape index (κ2) is 29.2. The SMILES string of the molecule is CC(C)=O.CCO.CCOC(C)=O.CO. The molecule has 0 spiro atoms. The van der Waals surface area contributed by atoms with Crippen molar-refractivity contribution in [2.24, 2.45) is 0 Å². The third-order valence-corrected chi connectivity index (χ3v) is 0.348. The number of carbonyl (C=O) groups is 2. The molecule has 0 saturated carbocycles. The van der Waals surface area contributed by atoms with E-state index in [0.717, 1.165) is 7.11 Å². The number of esters is 1. The molecule has 15 heavy (non-hydrogen) atoms. The number of aliphatic hydroxyl groups excluding tert-OH is 2. The van der Waals surface area contributed by atoms with E-state index in [-0.39, 0.29) is 18.4 Å². The van der Waals surface area contributed by atoms with Crippen molar-refractivity contribution in [3.8, 4) is 0 Å². The van der Waals surface area contributed by atoms with Crippen molar-refractivity contribution in [1.29, 1.82) is 0 Å². The van der Waals surface area contributed by atoms with E-state index in [9.17, 15) is 9.59 Å². The Kier molecular flexibility index (Phi) is 46.2. The zero-order valence-electron chi connectivity index (χ0n) is 10.5. The molecule has 0 bridgehead atoms. The maximum absolute atomic E-state index is 9.82. The Labute approximate surface area is 92.1 Å². The minimum atomic E-state index is -0.211. The predicted molar refractivity (Wildman–Crippen MR) is 59.6 cm³/mol. The first-order chi connectivity index (χ1) is 6.92. The van der Waals surface area contributed by atoms with Crippen molar-refractivity contribution >= 4 is 11.8 Å². The van der Waals surface area contributed by atoms with Gasteiger partial charge in [0.1, 0.15) is 5.78 Å². The number of rotatable bonds is 1. The third-order valence-electron chi connectivity index (χ3n) is 0.348. The fourth-order valence-corrected chi connectivity index (χ4v) is 0.203. The molecule has 0 aliphatic rings. The van der Waals surface area contributed by atoms with Gasteiger partial charge in [-0.1, -0.05) is 0 Å². The van der Waals surface area contributed by atoms with Crippen molar-refractivity contribution < 1.29 is 24.5 Å². The number of hydrogen-bond acceptors (Lipinski definition) is 5. The van der Waals surface area contributed by atoms with Crippen LogP contribution < -0.4 is 0 Å². The van der Waals surface area contributed by atoms with Crippen LogP contribution in [0.1, 0.15) is 34.6 Å². The van der Waals surface area contributed by atoms with Crippen LogP contribution in [0.2, 0.25) is 0 Å². The second-order valence-electron chi connectivity index (χ2n) is 2.15. The zero-order valence-corrected chi connectivity index (χ0v) is 10.5. The molecule has 0 aromatic heterocycles. The van der Waals surface area contributed by atoms with Crippen LogP contribution in [0.4, 0.5) is 0 Å². The van der Waals surface area contributed by atoms with Crippen molar-refractivity contribution in [2.75, 3.05) is 20.3 Å². The highest BCUT2D eigenvalue weighted by Crippen LogP contribution is 1.69. The van der Waals surface area contributed by atoms with Crippen LogP contribution in [0.3, 0.4) is 0 Å². The molecule has 0 aromatic rings. The van der Waals surface area contributed by atoms with E-state index in [1.165, 1.54) is 20.8 Å². The van der Waals surface area contributed by atoms with Gasteiger partial charge >= 0.3 is 5.97 Å². The first-order valence-electron chi connectivity index (χ1n) is 4.58. The summed E-state index contributed by atoms with van der Waals surface area (Å²) in [6.07, 6.45) is 0. The second-order valence-corrected chi connectivity index (χ2v) is 2.15. The summed E-state index contributed by atoms with van der Waals surface area (Å²) in [6, 6.07) is 0. The van der Waals surface area contributed by atoms with Crippen molar-refractivity contribution in [3.05, 3.63) is 0 Å². The molecule has 94 valence electrons. The van der Waals surface area contributed by atoms with Gasteiger partial charge in [-0.3, -0.25) is 4.79 Å². The fourth-order valence-electron chi connectivity index (χ4n) is 0.203. The number of Topliss-reactive ketones (excluding diaryl/α,β-unsaturated/α-hetero) is 1. The molecule has 0 fully saturated rings. The van der Waals surface area contributed by atoms with Gasteiger partial charge in [0.2, 0.25) is 0 Å². The zero-order chi connectivity index (χ0) is 13.3. The van der Waals surface area contributed by atoms with E-state index in [4.69, 9.17) is 10.2 Å². The molecule has 5 heteroatoms. The summed E-state index contributed by atoms with van der Waals surface area (Å²) in [5.74, 6) is -0.0440. The van der Waals surface area contributed by atoms with Crippen LogP contribution in [0.15, 0.2) is 0 Å². The molecule has 0 amide bonds. The van der Waals surface area contributed by atoms with Gasteiger partial charge in [0, 0.05) is 20.6 Å². The first-order valence-corrected chi connectivity index (χ1v) is 4.58.